The molecule has 0 saturated carbocycles. The zero-order valence-corrected chi connectivity index (χ0v) is 18.9. The number of methoxy groups -OCH3 is 2. The maximum absolute atomic E-state index is 12.8. The number of ether oxygens (including phenoxy) is 3. The molecule has 9 nitrogen and oxygen atoms in total. The molecule has 0 atom stereocenters. The monoisotopic (exact) mass is 450 g/mol. The summed E-state index contributed by atoms with van der Waals surface area (Å²) >= 11 is 0. The van der Waals surface area contributed by atoms with E-state index < -0.39 is 28.4 Å². The smallest absolute Gasteiger partial charge is 0.338 e. The van der Waals surface area contributed by atoms with Gasteiger partial charge in [-0.1, -0.05) is 0 Å². The van der Waals surface area contributed by atoms with Crippen LogP contribution in [0.5, 0.6) is 11.5 Å². The molecule has 0 saturated heterocycles. The summed E-state index contributed by atoms with van der Waals surface area (Å²) in [6.07, 6.45) is 0. The van der Waals surface area contributed by atoms with Crippen LogP contribution in [0.2, 0.25) is 0 Å². The Balaban J connectivity index is 2.12. The van der Waals surface area contributed by atoms with Crippen LogP contribution < -0.4 is 14.8 Å². The maximum atomic E-state index is 12.8. The second-order valence-corrected chi connectivity index (χ2v) is 8.62. The summed E-state index contributed by atoms with van der Waals surface area (Å²) < 4.78 is 41.8. The predicted octanol–water partition coefficient (Wildman–Crippen LogP) is 2.45. The van der Waals surface area contributed by atoms with Gasteiger partial charge in [0.1, 0.15) is 0 Å². The molecule has 0 aromatic heterocycles. The first-order chi connectivity index (χ1) is 14.6. The zero-order valence-electron chi connectivity index (χ0n) is 18.1. The van der Waals surface area contributed by atoms with Crippen LogP contribution in [0.15, 0.2) is 41.3 Å². The molecular weight excluding hydrogens is 424 g/mol. The Labute approximate surface area is 182 Å². The summed E-state index contributed by atoms with van der Waals surface area (Å²) in [5.41, 5.74) is 1.48. The lowest BCUT2D eigenvalue weighted by molar-refractivity contribution is -0.116. The molecule has 1 N–H and O–H groups in total. The van der Waals surface area contributed by atoms with Crippen molar-refractivity contribution in [2.24, 2.45) is 0 Å². The van der Waals surface area contributed by atoms with E-state index in [2.05, 4.69) is 5.32 Å². The van der Waals surface area contributed by atoms with Gasteiger partial charge in [0.15, 0.2) is 11.5 Å². The second-order valence-electron chi connectivity index (χ2n) is 6.58. The lowest BCUT2D eigenvalue weighted by Crippen LogP contribution is -2.35. The number of hydrogen-bond acceptors (Lipinski definition) is 7. The third kappa shape index (κ3) is 5.74. The van der Waals surface area contributed by atoms with Crippen LogP contribution in [0.4, 0.5) is 5.69 Å². The Hall–Kier alpha value is -3.11. The molecule has 2 aromatic rings. The highest BCUT2D eigenvalue weighted by molar-refractivity contribution is 7.89. The van der Waals surface area contributed by atoms with E-state index in [1.54, 1.807) is 26.0 Å². The molecular formula is C21H26N2O7S. The van der Waals surface area contributed by atoms with Crippen molar-refractivity contribution in [1.29, 1.82) is 0 Å². The standard InChI is InChI=1S/C21H26N2O7S/c1-6-30-21(25)15-7-9-17(14(2)11-15)22-20(24)13-23(3)31(26,27)16-8-10-18(28-4)19(12-16)29-5/h7-12H,6,13H2,1-5H3,(H,22,24). The minimum absolute atomic E-state index is 0.0320. The molecule has 2 aromatic carbocycles. The lowest BCUT2D eigenvalue weighted by Gasteiger charge is -2.18. The molecule has 168 valence electrons. The van der Waals surface area contributed by atoms with Crippen molar-refractivity contribution in [3.8, 4) is 11.5 Å². The largest absolute Gasteiger partial charge is 0.493 e. The quantitative estimate of drug-likeness (QED) is 0.584. The molecule has 0 aliphatic carbocycles. The van der Waals surface area contributed by atoms with E-state index in [0.29, 0.717) is 22.6 Å². The van der Waals surface area contributed by atoms with Gasteiger partial charge >= 0.3 is 5.97 Å². The number of carbonyl (C=O) groups is 2. The molecule has 0 unspecified atom stereocenters. The molecule has 0 heterocycles. The summed E-state index contributed by atoms with van der Waals surface area (Å²) in [7, 11) is 0.217. The Morgan fingerprint density at radius 3 is 2.29 bits per heavy atom. The number of rotatable bonds is 9. The lowest BCUT2D eigenvalue weighted by atomic mass is 10.1. The van der Waals surface area contributed by atoms with Gasteiger partial charge in [0, 0.05) is 18.8 Å². The highest BCUT2D eigenvalue weighted by atomic mass is 32.2. The number of sulfonamides is 1. The number of benzene rings is 2. The van der Waals surface area contributed by atoms with E-state index in [0.717, 1.165) is 4.31 Å². The number of aryl methyl sites for hydroxylation is 1. The molecule has 0 aliphatic heterocycles. The number of carbonyl (C=O) groups excluding carboxylic acids is 2. The molecule has 0 aliphatic rings. The van der Waals surface area contributed by atoms with Crippen LogP contribution in [0.3, 0.4) is 0 Å². The number of nitrogens with one attached hydrogen (secondary N) is 1. The number of esters is 1. The van der Waals surface area contributed by atoms with Crippen molar-refractivity contribution in [3.05, 3.63) is 47.5 Å². The number of amides is 1. The van der Waals surface area contributed by atoms with Gasteiger partial charge in [-0.25, -0.2) is 13.2 Å². The topological polar surface area (TPSA) is 111 Å². The fourth-order valence-electron chi connectivity index (χ4n) is 2.78. The van der Waals surface area contributed by atoms with Gasteiger partial charge in [0.2, 0.25) is 15.9 Å². The fraction of sp³-hybridized carbons (Fsp3) is 0.333. The summed E-state index contributed by atoms with van der Waals surface area (Å²) in [4.78, 5) is 24.2. The molecule has 31 heavy (non-hydrogen) atoms. The van der Waals surface area contributed by atoms with Crippen LogP contribution in [0.25, 0.3) is 0 Å². The molecule has 0 spiro atoms. The van der Waals surface area contributed by atoms with Crippen LogP contribution >= 0.6 is 0 Å². The molecule has 0 fully saturated rings. The fourth-order valence-corrected chi connectivity index (χ4v) is 3.92. The van der Waals surface area contributed by atoms with Crippen molar-refractivity contribution in [1.82, 2.24) is 4.31 Å². The number of hydrogen-bond donors (Lipinski definition) is 1. The Bertz CT molecular complexity index is 1070. The van der Waals surface area contributed by atoms with E-state index in [1.165, 1.54) is 45.5 Å². The molecule has 1 amide bonds. The maximum Gasteiger partial charge on any atom is 0.338 e. The number of anilines is 1. The van der Waals surface area contributed by atoms with Crippen molar-refractivity contribution >= 4 is 27.6 Å². The average molecular weight is 451 g/mol. The summed E-state index contributed by atoms with van der Waals surface area (Å²) in [5.74, 6) is -0.329. The van der Waals surface area contributed by atoms with E-state index in [1.807, 2.05) is 0 Å². The van der Waals surface area contributed by atoms with Gasteiger partial charge in [0.25, 0.3) is 0 Å². The first-order valence-corrected chi connectivity index (χ1v) is 10.8. The minimum atomic E-state index is -3.94. The highest BCUT2D eigenvalue weighted by Gasteiger charge is 2.24. The zero-order chi connectivity index (χ0) is 23.2. The van der Waals surface area contributed by atoms with Gasteiger partial charge in [0.05, 0.1) is 37.8 Å². The highest BCUT2D eigenvalue weighted by Crippen LogP contribution is 2.30. The van der Waals surface area contributed by atoms with E-state index >= 15 is 0 Å². The number of nitrogens with zero attached hydrogens (tertiary/aromatic N) is 1. The average Bonchev–Trinajstić information content (AvgIpc) is 2.74. The van der Waals surface area contributed by atoms with Crippen molar-refractivity contribution < 1.29 is 32.2 Å². The first kappa shape index (κ1) is 24.2. The third-order valence-electron chi connectivity index (χ3n) is 4.44. The Morgan fingerprint density at radius 1 is 1.03 bits per heavy atom. The Morgan fingerprint density at radius 2 is 1.71 bits per heavy atom. The van der Waals surface area contributed by atoms with Gasteiger partial charge in [-0.3, -0.25) is 4.79 Å². The normalized spacial score (nSPS) is 11.2. The molecule has 2 rings (SSSR count). The SMILES string of the molecule is CCOC(=O)c1ccc(NC(=O)CN(C)S(=O)(=O)c2ccc(OC)c(OC)c2)c(C)c1. The van der Waals surface area contributed by atoms with Crippen LogP contribution in [0, 0.1) is 6.92 Å². The minimum Gasteiger partial charge on any atom is -0.493 e. The van der Waals surface area contributed by atoms with E-state index in [4.69, 9.17) is 14.2 Å². The second kappa shape index (κ2) is 10.3. The molecule has 0 radical (unpaired) electrons. The van der Waals surface area contributed by atoms with E-state index in [-0.39, 0.29) is 17.3 Å². The van der Waals surface area contributed by atoms with Crippen LogP contribution in [0.1, 0.15) is 22.8 Å². The van der Waals surface area contributed by atoms with Gasteiger partial charge in [-0.2, -0.15) is 4.31 Å². The predicted molar refractivity (Wildman–Crippen MR) is 115 cm³/mol. The van der Waals surface area contributed by atoms with Crippen molar-refractivity contribution in [3.63, 3.8) is 0 Å². The summed E-state index contributed by atoms with van der Waals surface area (Å²) in [6, 6.07) is 8.89. The van der Waals surface area contributed by atoms with Gasteiger partial charge in [-0.05, 0) is 49.7 Å². The summed E-state index contributed by atoms with van der Waals surface area (Å²) in [5, 5.41) is 2.66. The molecule has 0 bridgehead atoms. The number of likely N-dealkylation sites (N-methyl/N-ethyl adjacent to an activating group) is 1. The molecule has 10 heteroatoms. The summed E-state index contributed by atoms with van der Waals surface area (Å²) in [6.45, 7) is 3.29. The first-order valence-electron chi connectivity index (χ1n) is 9.40. The van der Waals surface area contributed by atoms with Crippen LogP contribution in [-0.2, 0) is 19.6 Å². The third-order valence-corrected chi connectivity index (χ3v) is 6.24. The van der Waals surface area contributed by atoms with Gasteiger partial charge in [-0.15, -0.1) is 0 Å². The van der Waals surface area contributed by atoms with Crippen LogP contribution in [-0.4, -0.2) is 59.0 Å². The van der Waals surface area contributed by atoms with E-state index in [9.17, 15) is 18.0 Å². The van der Waals surface area contributed by atoms with Crippen molar-refractivity contribution in [2.45, 2.75) is 18.7 Å². The van der Waals surface area contributed by atoms with Gasteiger partial charge < -0.3 is 19.5 Å². The van der Waals surface area contributed by atoms with Crippen molar-refractivity contribution in [2.75, 3.05) is 39.7 Å². The Kier molecular flexibility index (Phi) is 8.01.